The molecule has 2 aliphatic heterocycles. The molecule has 0 spiro atoms. The van der Waals surface area contributed by atoms with Crippen molar-refractivity contribution in [3.05, 3.63) is 0 Å². The van der Waals surface area contributed by atoms with Crippen LogP contribution in [-0.4, -0.2) is 74.0 Å². The Labute approximate surface area is 120 Å². The number of amides is 1. The molecule has 6 nitrogen and oxygen atoms in total. The van der Waals surface area contributed by atoms with Crippen molar-refractivity contribution in [2.24, 2.45) is 5.16 Å². The normalized spacial score (nSPS) is 23.3. The van der Waals surface area contributed by atoms with E-state index in [9.17, 15) is 4.79 Å². The Hall–Kier alpha value is -1.14. The van der Waals surface area contributed by atoms with E-state index in [0.717, 1.165) is 57.9 Å². The van der Waals surface area contributed by atoms with Crippen molar-refractivity contribution in [3.63, 3.8) is 0 Å². The van der Waals surface area contributed by atoms with E-state index in [0.29, 0.717) is 6.42 Å². The molecule has 2 heterocycles. The monoisotopic (exact) mass is 283 g/mol. The summed E-state index contributed by atoms with van der Waals surface area (Å²) in [4.78, 5) is 21.5. The minimum Gasteiger partial charge on any atom is -0.382 e. The van der Waals surface area contributed by atoms with Gasteiger partial charge in [0, 0.05) is 39.6 Å². The third-order valence-electron chi connectivity index (χ3n) is 3.86. The lowest BCUT2D eigenvalue weighted by molar-refractivity contribution is -0.140. The maximum Gasteiger partial charge on any atom is 0.266 e. The summed E-state index contributed by atoms with van der Waals surface area (Å²) < 4.78 is 5.32. The highest BCUT2D eigenvalue weighted by molar-refractivity contribution is 5.92. The van der Waals surface area contributed by atoms with Gasteiger partial charge in [-0.05, 0) is 12.8 Å². The first-order valence-electron chi connectivity index (χ1n) is 7.47. The van der Waals surface area contributed by atoms with Crippen LogP contribution in [0.15, 0.2) is 5.16 Å². The van der Waals surface area contributed by atoms with Crippen molar-refractivity contribution in [3.8, 4) is 0 Å². The molecule has 0 N–H and O–H groups in total. The Balaban J connectivity index is 1.64. The second kappa shape index (κ2) is 7.59. The van der Waals surface area contributed by atoms with Gasteiger partial charge in [0.2, 0.25) is 6.10 Å². The van der Waals surface area contributed by atoms with Crippen LogP contribution in [0.2, 0.25) is 0 Å². The van der Waals surface area contributed by atoms with E-state index >= 15 is 0 Å². The number of hydrogen-bond donors (Lipinski definition) is 0. The van der Waals surface area contributed by atoms with Crippen molar-refractivity contribution in [2.45, 2.75) is 32.3 Å². The molecule has 0 aliphatic carbocycles. The molecule has 114 valence electrons. The summed E-state index contributed by atoms with van der Waals surface area (Å²) in [5.74, 6) is 0.0409. The fraction of sp³-hybridized carbons (Fsp3) is 0.857. The topological polar surface area (TPSA) is 54.4 Å². The number of oxime groups is 1. The van der Waals surface area contributed by atoms with Crippen LogP contribution in [-0.2, 0) is 14.4 Å². The van der Waals surface area contributed by atoms with Crippen molar-refractivity contribution in [2.75, 3.05) is 46.4 Å². The molecule has 1 unspecified atom stereocenters. The number of carbonyl (C=O) groups excluding carboxylic acids is 1. The quantitative estimate of drug-likeness (QED) is 0.721. The summed E-state index contributed by atoms with van der Waals surface area (Å²) in [6.45, 7) is 7.44. The van der Waals surface area contributed by atoms with Crippen molar-refractivity contribution < 1.29 is 14.4 Å². The van der Waals surface area contributed by atoms with Gasteiger partial charge in [0.15, 0.2) is 0 Å². The number of ether oxygens (including phenoxy) is 1. The van der Waals surface area contributed by atoms with Crippen LogP contribution in [0.25, 0.3) is 0 Å². The SMILES string of the molecule is CCC1=NOC(C(=O)N(C)CCCN2CCOCC2)C1. The molecule has 2 aliphatic rings. The molecule has 1 fully saturated rings. The number of nitrogens with zero attached hydrogens (tertiary/aromatic N) is 3. The van der Waals surface area contributed by atoms with Crippen molar-refractivity contribution in [1.29, 1.82) is 0 Å². The summed E-state index contributed by atoms with van der Waals surface area (Å²) in [6.07, 6.45) is 2.07. The largest absolute Gasteiger partial charge is 0.382 e. The molecular weight excluding hydrogens is 258 g/mol. The molecule has 1 atom stereocenters. The standard InChI is InChI=1S/C14H25N3O3/c1-3-12-11-13(20-15-12)14(18)16(2)5-4-6-17-7-9-19-10-8-17/h13H,3-11H2,1-2H3. The Bertz CT molecular complexity index is 354. The molecule has 0 aromatic heterocycles. The fourth-order valence-electron chi connectivity index (χ4n) is 2.48. The highest BCUT2D eigenvalue weighted by atomic mass is 16.6. The zero-order valence-electron chi connectivity index (χ0n) is 12.5. The Kier molecular flexibility index (Phi) is 5.79. The zero-order chi connectivity index (χ0) is 14.4. The summed E-state index contributed by atoms with van der Waals surface area (Å²) in [7, 11) is 1.84. The van der Waals surface area contributed by atoms with E-state index in [1.54, 1.807) is 4.90 Å². The first kappa shape index (κ1) is 15.3. The van der Waals surface area contributed by atoms with Gasteiger partial charge in [-0.15, -0.1) is 0 Å². The van der Waals surface area contributed by atoms with Crippen LogP contribution in [0, 0.1) is 0 Å². The Morgan fingerprint density at radius 3 is 2.85 bits per heavy atom. The second-order valence-electron chi connectivity index (χ2n) is 5.38. The van der Waals surface area contributed by atoms with E-state index < -0.39 is 6.10 Å². The molecule has 6 heteroatoms. The average Bonchev–Trinajstić information content (AvgIpc) is 2.96. The lowest BCUT2D eigenvalue weighted by atomic mass is 10.1. The van der Waals surface area contributed by atoms with Crippen molar-refractivity contribution >= 4 is 11.6 Å². The third-order valence-corrected chi connectivity index (χ3v) is 3.86. The van der Waals surface area contributed by atoms with Gasteiger partial charge in [-0.25, -0.2) is 0 Å². The molecule has 0 aromatic carbocycles. The van der Waals surface area contributed by atoms with Gasteiger partial charge in [-0.1, -0.05) is 12.1 Å². The van der Waals surface area contributed by atoms with Crippen molar-refractivity contribution in [1.82, 2.24) is 9.80 Å². The number of rotatable bonds is 6. The Morgan fingerprint density at radius 1 is 1.45 bits per heavy atom. The smallest absolute Gasteiger partial charge is 0.266 e. The van der Waals surface area contributed by atoms with Gasteiger partial charge in [0.25, 0.3) is 5.91 Å². The molecule has 0 saturated carbocycles. The van der Waals surface area contributed by atoms with Gasteiger partial charge in [0.05, 0.1) is 18.9 Å². The molecule has 20 heavy (non-hydrogen) atoms. The summed E-state index contributed by atoms with van der Waals surface area (Å²) >= 11 is 0. The van der Waals surface area contributed by atoms with Crippen LogP contribution in [0.4, 0.5) is 0 Å². The highest BCUT2D eigenvalue weighted by Gasteiger charge is 2.29. The summed E-state index contributed by atoms with van der Waals surface area (Å²) in [5, 5.41) is 3.94. The third kappa shape index (κ3) is 4.18. The summed E-state index contributed by atoms with van der Waals surface area (Å²) in [5.41, 5.74) is 0.977. The molecule has 2 rings (SSSR count). The average molecular weight is 283 g/mol. The lowest BCUT2D eigenvalue weighted by Gasteiger charge is -2.27. The van der Waals surface area contributed by atoms with Crippen LogP contribution in [0.3, 0.4) is 0 Å². The lowest BCUT2D eigenvalue weighted by Crippen LogP contribution is -2.40. The van der Waals surface area contributed by atoms with E-state index in [-0.39, 0.29) is 5.91 Å². The summed E-state index contributed by atoms with van der Waals surface area (Å²) in [6, 6.07) is 0. The van der Waals surface area contributed by atoms with E-state index in [4.69, 9.17) is 9.57 Å². The van der Waals surface area contributed by atoms with Crippen LogP contribution >= 0.6 is 0 Å². The number of carbonyl (C=O) groups is 1. The molecule has 0 radical (unpaired) electrons. The maximum absolute atomic E-state index is 12.2. The van der Waals surface area contributed by atoms with Gasteiger partial charge in [-0.3, -0.25) is 9.69 Å². The van der Waals surface area contributed by atoms with Crippen LogP contribution in [0.1, 0.15) is 26.2 Å². The molecule has 1 amide bonds. The molecule has 0 aromatic rings. The van der Waals surface area contributed by atoms with E-state index in [1.165, 1.54) is 0 Å². The minimum absolute atomic E-state index is 0.0409. The van der Waals surface area contributed by atoms with Crippen LogP contribution in [0.5, 0.6) is 0 Å². The van der Waals surface area contributed by atoms with Gasteiger partial charge in [0.1, 0.15) is 0 Å². The highest BCUT2D eigenvalue weighted by Crippen LogP contribution is 2.14. The number of morpholine rings is 1. The molecule has 1 saturated heterocycles. The second-order valence-corrected chi connectivity index (χ2v) is 5.38. The number of hydrogen-bond acceptors (Lipinski definition) is 5. The number of likely N-dealkylation sites (N-methyl/N-ethyl adjacent to an activating group) is 1. The fourth-order valence-corrected chi connectivity index (χ4v) is 2.48. The first-order chi connectivity index (χ1) is 9.70. The van der Waals surface area contributed by atoms with Gasteiger partial charge < -0.3 is 14.5 Å². The van der Waals surface area contributed by atoms with E-state index in [1.807, 2.05) is 14.0 Å². The van der Waals surface area contributed by atoms with Gasteiger partial charge in [-0.2, -0.15) is 0 Å². The van der Waals surface area contributed by atoms with Gasteiger partial charge >= 0.3 is 0 Å². The molecular formula is C14H25N3O3. The first-order valence-corrected chi connectivity index (χ1v) is 7.47. The maximum atomic E-state index is 12.2. The molecule has 0 bridgehead atoms. The van der Waals surface area contributed by atoms with E-state index in [2.05, 4.69) is 10.1 Å². The predicted octanol–water partition coefficient (Wildman–Crippen LogP) is 0.722. The zero-order valence-corrected chi connectivity index (χ0v) is 12.5. The predicted molar refractivity (Wildman–Crippen MR) is 76.7 cm³/mol. The Morgan fingerprint density at radius 2 is 2.20 bits per heavy atom. The van der Waals surface area contributed by atoms with Crippen LogP contribution < -0.4 is 0 Å². The minimum atomic E-state index is -0.404.